The number of nitrogens with zero attached hydrogens (tertiary/aromatic N) is 1. The average molecular weight is 269 g/mol. The number of carbonyl (C=O) groups is 2. The van der Waals surface area contributed by atoms with Gasteiger partial charge in [0.25, 0.3) is 0 Å². The summed E-state index contributed by atoms with van der Waals surface area (Å²) >= 11 is 1.41. The highest BCUT2D eigenvalue weighted by atomic mass is 32.1. The SMILES string of the molecule is CC(Nc1nc2c(s1)CCCC2C(=O)O)C(N)=O. The van der Waals surface area contributed by atoms with E-state index in [1.54, 1.807) is 6.92 Å². The number of hydrogen-bond acceptors (Lipinski definition) is 5. The maximum Gasteiger partial charge on any atom is 0.312 e. The van der Waals surface area contributed by atoms with E-state index in [9.17, 15) is 9.59 Å². The third kappa shape index (κ3) is 2.45. The van der Waals surface area contributed by atoms with E-state index in [-0.39, 0.29) is 0 Å². The van der Waals surface area contributed by atoms with Crippen molar-refractivity contribution in [1.29, 1.82) is 0 Å². The van der Waals surface area contributed by atoms with Crippen molar-refractivity contribution in [2.75, 3.05) is 5.32 Å². The molecule has 2 rings (SSSR count). The maximum absolute atomic E-state index is 11.1. The summed E-state index contributed by atoms with van der Waals surface area (Å²) in [6.07, 6.45) is 2.33. The lowest BCUT2D eigenvalue weighted by molar-refractivity contribution is -0.139. The van der Waals surface area contributed by atoms with E-state index in [1.807, 2.05) is 0 Å². The number of anilines is 1. The van der Waals surface area contributed by atoms with Crippen LogP contribution in [0.5, 0.6) is 0 Å². The number of hydrogen-bond donors (Lipinski definition) is 3. The Morgan fingerprint density at radius 1 is 1.61 bits per heavy atom. The molecule has 18 heavy (non-hydrogen) atoms. The third-order valence-corrected chi connectivity index (χ3v) is 4.08. The summed E-state index contributed by atoms with van der Waals surface area (Å²) in [6.45, 7) is 1.65. The van der Waals surface area contributed by atoms with Crippen molar-refractivity contribution >= 4 is 28.3 Å². The number of nitrogens with one attached hydrogen (secondary N) is 1. The van der Waals surface area contributed by atoms with Gasteiger partial charge in [0.15, 0.2) is 5.13 Å². The number of aryl methyl sites for hydroxylation is 1. The minimum absolute atomic E-state index is 0.460. The molecule has 0 saturated carbocycles. The molecule has 4 N–H and O–H groups in total. The molecule has 1 aliphatic carbocycles. The molecule has 7 heteroatoms. The Morgan fingerprint density at radius 3 is 2.94 bits per heavy atom. The number of carbonyl (C=O) groups excluding carboxylic acids is 1. The molecule has 0 spiro atoms. The first-order valence-corrected chi connectivity index (χ1v) is 6.59. The van der Waals surface area contributed by atoms with E-state index < -0.39 is 23.8 Å². The van der Waals surface area contributed by atoms with Crippen molar-refractivity contribution in [3.63, 3.8) is 0 Å². The van der Waals surface area contributed by atoms with Crippen molar-refractivity contribution in [3.05, 3.63) is 10.6 Å². The second-order valence-electron chi connectivity index (χ2n) is 4.38. The topological polar surface area (TPSA) is 105 Å². The van der Waals surface area contributed by atoms with Crippen LogP contribution in [0.2, 0.25) is 0 Å². The van der Waals surface area contributed by atoms with Gasteiger partial charge in [-0.05, 0) is 26.2 Å². The Labute approximate surface area is 108 Å². The molecule has 2 atom stereocenters. The zero-order valence-electron chi connectivity index (χ0n) is 9.97. The maximum atomic E-state index is 11.1. The number of aliphatic carboxylic acids is 1. The minimum Gasteiger partial charge on any atom is -0.481 e. The summed E-state index contributed by atoms with van der Waals surface area (Å²) in [4.78, 5) is 27.4. The minimum atomic E-state index is -0.837. The van der Waals surface area contributed by atoms with Crippen molar-refractivity contribution < 1.29 is 14.7 Å². The van der Waals surface area contributed by atoms with Crippen molar-refractivity contribution in [1.82, 2.24) is 4.98 Å². The van der Waals surface area contributed by atoms with E-state index >= 15 is 0 Å². The first-order chi connectivity index (χ1) is 8.49. The normalized spacial score (nSPS) is 19.9. The second-order valence-corrected chi connectivity index (χ2v) is 5.46. The lowest BCUT2D eigenvalue weighted by Crippen LogP contribution is -2.32. The zero-order valence-corrected chi connectivity index (χ0v) is 10.8. The lowest BCUT2D eigenvalue weighted by Gasteiger charge is -2.16. The number of amides is 1. The summed E-state index contributed by atoms with van der Waals surface area (Å²) in [5.74, 6) is -1.82. The number of nitrogens with two attached hydrogens (primary N) is 1. The van der Waals surface area contributed by atoms with Gasteiger partial charge in [-0.1, -0.05) is 0 Å². The van der Waals surface area contributed by atoms with Crippen LogP contribution in [-0.2, 0) is 16.0 Å². The number of primary amides is 1. The Hall–Kier alpha value is -1.63. The van der Waals surface area contributed by atoms with E-state index in [0.717, 1.165) is 17.7 Å². The molecule has 0 fully saturated rings. The van der Waals surface area contributed by atoms with E-state index in [1.165, 1.54) is 11.3 Å². The molecule has 2 unspecified atom stereocenters. The third-order valence-electron chi connectivity index (χ3n) is 3.02. The van der Waals surface area contributed by atoms with Crippen molar-refractivity contribution in [2.45, 2.75) is 38.1 Å². The van der Waals surface area contributed by atoms with Gasteiger partial charge in [-0.15, -0.1) is 11.3 Å². The fourth-order valence-corrected chi connectivity index (χ4v) is 3.13. The van der Waals surface area contributed by atoms with Crippen molar-refractivity contribution in [3.8, 4) is 0 Å². The standard InChI is InChI=1S/C11H15N3O3S/c1-5(9(12)15)13-11-14-8-6(10(16)17)3-2-4-7(8)18-11/h5-6H,2-4H2,1H3,(H2,12,15)(H,13,14)(H,16,17). The van der Waals surface area contributed by atoms with Crippen LogP contribution < -0.4 is 11.1 Å². The van der Waals surface area contributed by atoms with E-state index in [4.69, 9.17) is 10.8 Å². The number of carboxylic acid groups (broad SMARTS) is 1. The first kappa shape index (κ1) is 12.8. The molecular weight excluding hydrogens is 254 g/mol. The molecule has 6 nitrogen and oxygen atoms in total. The average Bonchev–Trinajstić information content (AvgIpc) is 2.70. The van der Waals surface area contributed by atoms with Gasteiger partial charge in [0, 0.05) is 4.88 Å². The van der Waals surface area contributed by atoms with Crippen LogP contribution in [0.1, 0.15) is 36.3 Å². The predicted molar refractivity (Wildman–Crippen MR) is 67.7 cm³/mol. The second kappa shape index (κ2) is 4.93. The molecule has 1 amide bonds. The Kier molecular flexibility index (Phi) is 3.51. The highest BCUT2D eigenvalue weighted by molar-refractivity contribution is 7.15. The summed E-state index contributed by atoms with van der Waals surface area (Å²) in [5, 5.41) is 12.6. The van der Waals surface area contributed by atoms with Crippen molar-refractivity contribution in [2.24, 2.45) is 5.73 Å². The van der Waals surface area contributed by atoms with Gasteiger partial charge < -0.3 is 16.2 Å². The van der Waals surface area contributed by atoms with Crippen LogP contribution >= 0.6 is 11.3 Å². The van der Waals surface area contributed by atoms with Gasteiger partial charge in [-0.3, -0.25) is 9.59 Å². The number of thiazole rings is 1. The lowest BCUT2D eigenvalue weighted by atomic mass is 9.91. The smallest absolute Gasteiger partial charge is 0.312 e. The quantitative estimate of drug-likeness (QED) is 0.754. The van der Waals surface area contributed by atoms with Gasteiger partial charge >= 0.3 is 5.97 Å². The van der Waals surface area contributed by atoms with Gasteiger partial charge in [-0.25, -0.2) is 4.98 Å². The molecular formula is C11H15N3O3S. The molecule has 0 aromatic carbocycles. The number of rotatable bonds is 4. The molecule has 0 radical (unpaired) electrons. The highest BCUT2D eigenvalue weighted by Gasteiger charge is 2.30. The molecule has 0 saturated heterocycles. The molecule has 98 valence electrons. The Morgan fingerprint density at radius 2 is 2.33 bits per heavy atom. The summed E-state index contributed by atoms with van der Waals surface area (Å²) in [7, 11) is 0. The van der Waals surface area contributed by atoms with Crippen LogP contribution in [0.4, 0.5) is 5.13 Å². The molecule has 1 aromatic heterocycles. The monoisotopic (exact) mass is 269 g/mol. The number of aromatic nitrogens is 1. The van der Waals surface area contributed by atoms with Crippen LogP contribution in [0.15, 0.2) is 0 Å². The Bertz CT molecular complexity index is 486. The zero-order chi connectivity index (χ0) is 13.3. The molecule has 0 aliphatic heterocycles. The van der Waals surface area contributed by atoms with Crippen LogP contribution in [0.25, 0.3) is 0 Å². The van der Waals surface area contributed by atoms with Crippen LogP contribution in [0.3, 0.4) is 0 Å². The largest absolute Gasteiger partial charge is 0.481 e. The molecule has 0 bridgehead atoms. The first-order valence-electron chi connectivity index (χ1n) is 5.77. The molecule has 1 heterocycles. The van der Waals surface area contributed by atoms with E-state index in [0.29, 0.717) is 17.2 Å². The van der Waals surface area contributed by atoms with Crippen LogP contribution in [0, 0.1) is 0 Å². The summed E-state index contributed by atoms with van der Waals surface area (Å²) < 4.78 is 0. The highest BCUT2D eigenvalue weighted by Crippen LogP contribution is 2.36. The van der Waals surface area contributed by atoms with E-state index in [2.05, 4.69) is 10.3 Å². The summed E-state index contributed by atoms with van der Waals surface area (Å²) in [5.41, 5.74) is 5.80. The van der Waals surface area contributed by atoms with Gasteiger partial charge in [0.2, 0.25) is 5.91 Å². The van der Waals surface area contributed by atoms with Gasteiger partial charge in [0.05, 0.1) is 5.69 Å². The molecule has 1 aliphatic rings. The van der Waals surface area contributed by atoms with Gasteiger partial charge in [-0.2, -0.15) is 0 Å². The summed E-state index contributed by atoms with van der Waals surface area (Å²) in [6, 6.07) is -0.513. The molecule has 1 aromatic rings. The Balaban J connectivity index is 2.22. The number of fused-ring (bicyclic) bond motifs is 1. The predicted octanol–water partition coefficient (Wildman–Crippen LogP) is 0.933. The van der Waals surface area contributed by atoms with Gasteiger partial charge in [0.1, 0.15) is 12.0 Å². The fraction of sp³-hybridized carbons (Fsp3) is 0.545. The number of carboxylic acids is 1. The fourth-order valence-electron chi connectivity index (χ4n) is 1.98. The van der Waals surface area contributed by atoms with Crippen LogP contribution in [-0.4, -0.2) is 28.0 Å².